The Morgan fingerprint density at radius 2 is 1.93 bits per heavy atom. The first-order valence-corrected chi connectivity index (χ1v) is 10.9. The number of anilines is 2. The molecule has 156 valence electrons. The van der Waals surface area contributed by atoms with Crippen molar-refractivity contribution in [3.05, 3.63) is 47.4 Å². The van der Waals surface area contributed by atoms with E-state index in [0.717, 1.165) is 54.4 Å². The lowest BCUT2D eigenvalue weighted by Gasteiger charge is -2.31. The lowest BCUT2D eigenvalue weighted by atomic mass is 9.97. The number of amides is 2. The van der Waals surface area contributed by atoms with Gasteiger partial charge in [-0.1, -0.05) is 11.6 Å². The van der Waals surface area contributed by atoms with E-state index < -0.39 is 0 Å². The summed E-state index contributed by atoms with van der Waals surface area (Å²) in [5.41, 5.74) is 2.31. The average Bonchev–Trinajstić information content (AvgIpc) is 3.44. The highest BCUT2D eigenvalue weighted by Crippen LogP contribution is 2.32. The van der Waals surface area contributed by atoms with Crippen molar-refractivity contribution >= 4 is 40.2 Å². The number of carbonyl (C=O) groups is 1. The third kappa shape index (κ3) is 3.81. The monoisotopic (exact) mass is 425 g/mol. The van der Waals surface area contributed by atoms with Crippen LogP contribution in [0.4, 0.5) is 16.3 Å². The zero-order valence-electron chi connectivity index (χ0n) is 16.7. The number of urea groups is 1. The third-order valence-electron chi connectivity index (χ3n) is 5.93. The summed E-state index contributed by atoms with van der Waals surface area (Å²) in [7, 11) is 0. The normalized spacial score (nSPS) is 17.6. The van der Waals surface area contributed by atoms with Gasteiger partial charge in [-0.2, -0.15) is 0 Å². The number of benzene rings is 1. The van der Waals surface area contributed by atoms with Crippen LogP contribution in [0.3, 0.4) is 0 Å². The number of aromatic nitrogens is 2. The first kappa shape index (κ1) is 19.2. The van der Waals surface area contributed by atoms with Gasteiger partial charge in [0.1, 0.15) is 5.52 Å². The van der Waals surface area contributed by atoms with Crippen molar-refractivity contribution in [3.8, 4) is 0 Å². The fourth-order valence-electron chi connectivity index (χ4n) is 4.29. The maximum Gasteiger partial charge on any atom is 0.321 e. The molecule has 7 nitrogen and oxygen atoms in total. The second-order valence-corrected chi connectivity index (χ2v) is 8.36. The molecule has 0 bridgehead atoms. The number of pyridine rings is 1. The van der Waals surface area contributed by atoms with Crippen molar-refractivity contribution in [2.75, 3.05) is 36.4 Å². The van der Waals surface area contributed by atoms with E-state index in [-0.39, 0.29) is 11.9 Å². The SMILES string of the molecule is O=C(Nc1cccnc1N1CCCC1)N1CCC(c2nc3cc(Cl)ccc3o2)CC1. The van der Waals surface area contributed by atoms with E-state index in [1.165, 1.54) is 12.8 Å². The maximum absolute atomic E-state index is 12.9. The summed E-state index contributed by atoms with van der Waals surface area (Å²) in [6.45, 7) is 3.30. The van der Waals surface area contributed by atoms with Crippen molar-refractivity contribution < 1.29 is 9.21 Å². The molecule has 2 aliphatic heterocycles. The number of rotatable bonds is 3. The predicted octanol–water partition coefficient (Wildman–Crippen LogP) is 4.89. The molecule has 1 N–H and O–H groups in total. The minimum absolute atomic E-state index is 0.0776. The number of nitrogens with zero attached hydrogens (tertiary/aromatic N) is 4. The van der Waals surface area contributed by atoms with Crippen LogP contribution in [-0.2, 0) is 0 Å². The standard InChI is InChI=1S/C22H24ClN5O2/c23-16-5-6-19-18(14-16)25-21(30-19)15-7-12-28(13-8-15)22(29)26-17-4-3-9-24-20(17)27-10-1-2-11-27/h3-6,9,14-15H,1-2,7-8,10-13H2,(H,26,29). The average molecular weight is 426 g/mol. The molecule has 30 heavy (non-hydrogen) atoms. The summed E-state index contributed by atoms with van der Waals surface area (Å²) in [5.74, 6) is 1.80. The number of carbonyl (C=O) groups excluding carboxylic acids is 1. The summed E-state index contributed by atoms with van der Waals surface area (Å²) >= 11 is 6.05. The minimum Gasteiger partial charge on any atom is -0.440 e. The van der Waals surface area contributed by atoms with Crippen LogP contribution in [-0.4, -0.2) is 47.1 Å². The highest BCUT2D eigenvalue weighted by molar-refractivity contribution is 6.31. The number of nitrogens with one attached hydrogen (secondary N) is 1. The number of oxazole rings is 1. The number of fused-ring (bicyclic) bond motifs is 1. The Bertz CT molecular complexity index is 1050. The Morgan fingerprint density at radius 3 is 2.73 bits per heavy atom. The molecule has 0 aliphatic carbocycles. The second-order valence-electron chi connectivity index (χ2n) is 7.92. The van der Waals surface area contributed by atoms with Gasteiger partial charge in [-0.15, -0.1) is 0 Å². The van der Waals surface area contributed by atoms with Gasteiger partial charge in [0.2, 0.25) is 0 Å². The van der Waals surface area contributed by atoms with Gasteiger partial charge in [0.15, 0.2) is 17.3 Å². The van der Waals surface area contributed by atoms with Crippen molar-refractivity contribution in [2.24, 2.45) is 0 Å². The van der Waals surface area contributed by atoms with Gasteiger partial charge in [0.05, 0.1) is 5.69 Å². The van der Waals surface area contributed by atoms with Crippen LogP contribution in [0, 0.1) is 0 Å². The summed E-state index contributed by atoms with van der Waals surface area (Å²) in [4.78, 5) is 26.1. The second kappa shape index (κ2) is 8.14. The fraction of sp³-hybridized carbons (Fsp3) is 0.409. The first-order chi connectivity index (χ1) is 14.7. The summed E-state index contributed by atoms with van der Waals surface area (Å²) < 4.78 is 5.92. The van der Waals surface area contributed by atoms with Gasteiger partial charge in [-0.05, 0) is 56.0 Å². The molecule has 0 saturated carbocycles. The van der Waals surface area contributed by atoms with E-state index in [1.54, 1.807) is 12.3 Å². The third-order valence-corrected chi connectivity index (χ3v) is 6.17. The van der Waals surface area contributed by atoms with E-state index in [2.05, 4.69) is 20.2 Å². The first-order valence-electron chi connectivity index (χ1n) is 10.5. The Balaban J connectivity index is 1.23. The molecule has 0 atom stereocenters. The van der Waals surface area contributed by atoms with Gasteiger partial charge >= 0.3 is 6.03 Å². The van der Waals surface area contributed by atoms with Gasteiger partial charge in [-0.3, -0.25) is 0 Å². The van der Waals surface area contributed by atoms with Gasteiger partial charge < -0.3 is 19.5 Å². The van der Waals surface area contributed by atoms with E-state index in [0.29, 0.717) is 18.1 Å². The summed E-state index contributed by atoms with van der Waals surface area (Å²) in [5, 5.41) is 3.72. The molecule has 3 aromatic rings. The lowest BCUT2D eigenvalue weighted by molar-refractivity contribution is 0.190. The van der Waals surface area contributed by atoms with E-state index in [9.17, 15) is 4.79 Å². The Hall–Kier alpha value is -2.80. The molecular weight excluding hydrogens is 402 g/mol. The summed E-state index contributed by atoms with van der Waals surface area (Å²) in [6.07, 6.45) is 5.75. The molecule has 4 heterocycles. The minimum atomic E-state index is -0.0776. The number of likely N-dealkylation sites (tertiary alicyclic amines) is 1. The zero-order chi connectivity index (χ0) is 20.5. The van der Waals surface area contributed by atoms with Crippen LogP contribution in [0.15, 0.2) is 40.9 Å². The number of piperidine rings is 1. The summed E-state index contributed by atoms with van der Waals surface area (Å²) in [6, 6.07) is 9.18. The Labute approximate surface area is 180 Å². The number of halogens is 1. The van der Waals surface area contributed by atoms with E-state index in [1.807, 2.05) is 29.2 Å². The van der Waals surface area contributed by atoms with Crippen LogP contribution in [0.5, 0.6) is 0 Å². The largest absolute Gasteiger partial charge is 0.440 e. The van der Waals surface area contributed by atoms with Gasteiger partial charge in [-0.25, -0.2) is 14.8 Å². The number of hydrogen-bond acceptors (Lipinski definition) is 5. The molecule has 2 saturated heterocycles. The molecular formula is C22H24ClN5O2. The fourth-order valence-corrected chi connectivity index (χ4v) is 4.46. The molecule has 0 spiro atoms. The molecule has 0 radical (unpaired) electrons. The quantitative estimate of drug-likeness (QED) is 0.646. The van der Waals surface area contributed by atoms with Crippen molar-refractivity contribution in [3.63, 3.8) is 0 Å². The molecule has 8 heteroatoms. The van der Waals surface area contributed by atoms with Crippen LogP contribution in [0.2, 0.25) is 5.02 Å². The van der Waals surface area contributed by atoms with Crippen LogP contribution < -0.4 is 10.2 Å². The molecule has 2 fully saturated rings. The smallest absolute Gasteiger partial charge is 0.321 e. The molecule has 1 aromatic carbocycles. The number of hydrogen-bond donors (Lipinski definition) is 1. The molecule has 2 amide bonds. The zero-order valence-corrected chi connectivity index (χ0v) is 17.4. The van der Waals surface area contributed by atoms with E-state index >= 15 is 0 Å². The van der Waals surface area contributed by atoms with Gasteiger partial charge in [0, 0.05) is 43.3 Å². The Morgan fingerprint density at radius 1 is 1.13 bits per heavy atom. The Kier molecular flexibility index (Phi) is 5.21. The molecule has 2 aliphatic rings. The van der Waals surface area contributed by atoms with Crippen LogP contribution in [0.25, 0.3) is 11.1 Å². The van der Waals surface area contributed by atoms with Crippen LogP contribution in [0.1, 0.15) is 37.5 Å². The molecule has 5 rings (SSSR count). The van der Waals surface area contributed by atoms with Crippen molar-refractivity contribution in [1.29, 1.82) is 0 Å². The van der Waals surface area contributed by atoms with Crippen molar-refractivity contribution in [2.45, 2.75) is 31.6 Å². The predicted molar refractivity (Wildman–Crippen MR) is 117 cm³/mol. The topological polar surface area (TPSA) is 74.5 Å². The lowest BCUT2D eigenvalue weighted by Crippen LogP contribution is -2.40. The van der Waals surface area contributed by atoms with Crippen molar-refractivity contribution in [1.82, 2.24) is 14.9 Å². The molecule has 0 unspecified atom stereocenters. The molecule has 2 aromatic heterocycles. The van der Waals surface area contributed by atoms with E-state index in [4.69, 9.17) is 16.0 Å². The van der Waals surface area contributed by atoms with Crippen LogP contribution >= 0.6 is 11.6 Å². The highest BCUT2D eigenvalue weighted by atomic mass is 35.5. The van der Waals surface area contributed by atoms with Gasteiger partial charge in [0.25, 0.3) is 0 Å². The highest BCUT2D eigenvalue weighted by Gasteiger charge is 2.28. The maximum atomic E-state index is 12.9.